The van der Waals surface area contributed by atoms with Gasteiger partial charge in [-0.05, 0) is 31.4 Å². The number of nitrogens with one attached hydrogen (secondary N) is 2. The summed E-state index contributed by atoms with van der Waals surface area (Å²) in [7, 11) is 0. The first kappa shape index (κ1) is 17.2. The van der Waals surface area contributed by atoms with Gasteiger partial charge in [-0.25, -0.2) is 9.97 Å². The van der Waals surface area contributed by atoms with Crippen molar-refractivity contribution in [1.29, 1.82) is 0 Å². The molecule has 0 spiro atoms. The van der Waals surface area contributed by atoms with Gasteiger partial charge in [0.1, 0.15) is 0 Å². The minimum Gasteiger partial charge on any atom is -0.349 e. The average Bonchev–Trinajstić information content (AvgIpc) is 2.94. The minimum absolute atomic E-state index is 0. The maximum absolute atomic E-state index is 12.1. The number of hydrogen-bond acceptors (Lipinski definition) is 5. The van der Waals surface area contributed by atoms with Crippen molar-refractivity contribution in [2.24, 2.45) is 5.73 Å². The molecule has 0 radical (unpaired) electrons. The van der Waals surface area contributed by atoms with Crippen LogP contribution in [0.25, 0.3) is 0 Å². The number of benzene rings is 1. The Morgan fingerprint density at radius 1 is 1.13 bits per heavy atom. The van der Waals surface area contributed by atoms with E-state index in [2.05, 4.69) is 20.6 Å². The summed E-state index contributed by atoms with van der Waals surface area (Å²) in [6.07, 6.45) is 5.79. The molecule has 7 heteroatoms. The summed E-state index contributed by atoms with van der Waals surface area (Å²) in [6, 6.07) is 9.99. The number of amides is 1. The normalized spacial score (nSPS) is 19.7. The lowest BCUT2D eigenvalue weighted by molar-refractivity contribution is 0.0937. The number of aromatic nitrogens is 2. The van der Waals surface area contributed by atoms with Crippen LogP contribution in [0.15, 0.2) is 42.7 Å². The third-order valence-electron chi connectivity index (χ3n) is 3.75. The van der Waals surface area contributed by atoms with Crippen LogP contribution >= 0.6 is 12.4 Å². The van der Waals surface area contributed by atoms with Gasteiger partial charge in [-0.3, -0.25) is 4.79 Å². The van der Waals surface area contributed by atoms with Crippen LogP contribution in [0.2, 0.25) is 0 Å². The molecule has 1 fully saturated rings. The number of para-hydroxylation sites is 1. The zero-order valence-corrected chi connectivity index (χ0v) is 13.4. The van der Waals surface area contributed by atoms with E-state index in [0.29, 0.717) is 11.5 Å². The molecule has 3 rings (SSSR count). The smallest absolute Gasteiger partial charge is 0.254 e. The highest BCUT2D eigenvalue weighted by Gasteiger charge is 2.23. The molecular weight excluding hydrogens is 314 g/mol. The summed E-state index contributed by atoms with van der Waals surface area (Å²) in [5, 5.41) is 6.05. The van der Waals surface area contributed by atoms with Crippen LogP contribution in [0.4, 0.5) is 11.6 Å². The summed E-state index contributed by atoms with van der Waals surface area (Å²) in [5.41, 5.74) is 7.21. The standard InChI is InChI=1S/C16H19N5O.ClH/c17-12-6-7-14(8-12)20-15(22)11-9-18-16(19-10-11)21-13-4-2-1-3-5-13;/h1-5,9-10,12,14H,6-8,17H2,(H,20,22)(H,18,19,21);1H/t12-,14-;/m1./s1. The predicted molar refractivity (Wildman–Crippen MR) is 92.1 cm³/mol. The number of rotatable bonds is 4. The highest BCUT2D eigenvalue weighted by molar-refractivity contribution is 5.93. The third kappa shape index (κ3) is 4.64. The number of nitrogens with two attached hydrogens (primary N) is 1. The fraction of sp³-hybridized carbons (Fsp3) is 0.312. The second-order valence-corrected chi connectivity index (χ2v) is 5.53. The molecule has 2 atom stereocenters. The second kappa shape index (κ2) is 7.89. The lowest BCUT2D eigenvalue weighted by Crippen LogP contribution is -2.34. The van der Waals surface area contributed by atoms with Crippen molar-refractivity contribution in [1.82, 2.24) is 15.3 Å². The van der Waals surface area contributed by atoms with E-state index in [-0.39, 0.29) is 30.4 Å². The molecule has 0 aliphatic heterocycles. The molecule has 122 valence electrons. The molecule has 1 aliphatic rings. The first-order valence-electron chi connectivity index (χ1n) is 7.41. The molecule has 6 nitrogen and oxygen atoms in total. The lowest BCUT2D eigenvalue weighted by Gasteiger charge is -2.12. The largest absolute Gasteiger partial charge is 0.349 e. The number of carbonyl (C=O) groups excluding carboxylic acids is 1. The molecule has 1 aromatic heterocycles. The van der Waals surface area contributed by atoms with E-state index in [1.54, 1.807) is 0 Å². The van der Waals surface area contributed by atoms with Crippen molar-refractivity contribution in [3.8, 4) is 0 Å². The van der Waals surface area contributed by atoms with Crippen molar-refractivity contribution < 1.29 is 4.79 Å². The molecule has 23 heavy (non-hydrogen) atoms. The number of halogens is 1. The Bertz CT molecular complexity index is 635. The van der Waals surface area contributed by atoms with Crippen LogP contribution in [0.1, 0.15) is 29.6 Å². The van der Waals surface area contributed by atoms with Crippen LogP contribution in [0, 0.1) is 0 Å². The quantitative estimate of drug-likeness (QED) is 0.798. The van der Waals surface area contributed by atoms with Crippen LogP contribution in [-0.4, -0.2) is 28.0 Å². The van der Waals surface area contributed by atoms with Gasteiger partial charge in [0.25, 0.3) is 5.91 Å². The zero-order chi connectivity index (χ0) is 15.4. The van der Waals surface area contributed by atoms with Crippen molar-refractivity contribution in [3.05, 3.63) is 48.3 Å². The van der Waals surface area contributed by atoms with E-state index in [0.717, 1.165) is 24.9 Å². The maximum Gasteiger partial charge on any atom is 0.254 e. The Labute approximate surface area is 141 Å². The van der Waals surface area contributed by atoms with Crippen molar-refractivity contribution in [2.75, 3.05) is 5.32 Å². The van der Waals surface area contributed by atoms with Gasteiger partial charge in [-0.1, -0.05) is 18.2 Å². The topological polar surface area (TPSA) is 92.9 Å². The zero-order valence-electron chi connectivity index (χ0n) is 12.6. The molecule has 0 saturated heterocycles. The Kier molecular flexibility index (Phi) is 5.90. The lowest BCUT2D eigenvalue weighted by atomic mass is 10.2. The molecule has 4 N–H and O–H groups in total. The first-order valence-corrected chi connectivity index (χ1v) is 7.41. The summed E-state index contributed by atoms with van der Waals surface area (Å²) in [4.78, 5) is 20.5. The number of hydrogen-bond donors (Lipinski definition) is 3. The third-order valence-corrected chi connectivity index (χ3v) is 3.75. The van der Waals surface area contributed by atoms with Crippen molar-refractivity contribution in [2.45, 2.75) is 31.3 Å². The summed E-state index contributed by atoms with van der Waals surface area (Å²) in [6.45, 7) is 0. The molecule has 1 amide bonds. The van der Waals surface area contributed by atoms with Crippen LogP contribution in [0.3, 0.4) is 0 Å². The van der Waals surface area contributed by atoms with E-state index in [1.807, 2.05) is 30.3 Å². The monoisotopic (exact) mass is 333 g/mol. The van der Waals surface area contributed by atoms with Crippen molar-refractivity contribution in [3.63, 3.8) is 0 Å². The van der Waals surface area contributed by atoms with E-state index in [1.165, 1.54) is 12.4 Å². The van der Waals surface area contributed by atoms with Gasteiger partial charge in [0.15, 0.2) is 0 Å². The number of anilines is 2. The van der Waals surface area contributed by atoms with E-state index < -0.39 is 0 Å². The van der Waals surface area contributed by atoms with Crippen LogP contribution in [0.5, 0.6) is 0 Å². The summed E-state index contributed by atoms with van der Waals surface area (Å²) in [5.74, 6) is 0.316. The Morgan fingerprint density at radius 3 is 2.43 bits per heavy atom. The summed E-state index contributed by atoms with van der Waals surface area (Å²) >= 11 is 0. The van der Waals surface area contributed by atoms with E-state index >= 15 is 0 Å². The summed E-state index contributed by atoms with van der Waals surface area (Å²) < 4.78 is 0. The fourth-order valence-electron chi connectivity index (χ4n) is 2.58. The number of nitrogens with zero attached hydrogens (tertiary/aromatic N) is 2. The van der Waals surface area contributed by atoms with Gasteiger partial charge in [0.2, 0.25) is 5.95 Å². The molecule has 1 saturated carbocycles. The molecular formula is C16H20ClN5O. The Morgan fingerprint density at radius 2 is 1.83 bits per heavy atom. The van der Waals surface area contributed by atoms with Crippen molar-refractivity contribution >= 4 is 29.9 Å². The first-order chi connectivity index (χ1) is 10.7. The fourth-order valence-corrected chi connectivity index (χ4v) is 2.58. The van der Waals surface area contributed by atoms with Gasteiger partial charge in [0, 0.05) is 30.2 Å². The second-order valence-electron chi connectivity index (χ2n) is 5.53. The van der Waals surface area contributed by atoms with Gasteiger partial charge in [-0.2, -0.15) is 0 Å². The SMILES string of the molecule is Cl.N[C@@H]1CC[C@@H](NC(=O)c2cnc(Nc3ccccc3)nc2)C1. The van der Waals surface area contributed by atoms with Crippen LogP contribution in [-0.2, 0) is 0 Å². The highest BCUT2D eigenvalue weighted by atomic mass is 35.5. The number of carbonyl (C=O) groups is 1. The van der Waals surface area contributed by atoms with Gasteiger partial charge in [-0.15, -0.1) is 12.4 Å². The van der Waals surface area contributed by atoms with Gasteiger partial charge >= 0.3 is 0 Å². The van der Waals surface area contributed by atoms with E-state index in [4.69, 9.17) is 5.73 Å². The average molecular weight is 334 g/mol. The molecule has 1 aromatic carbocycles. The van der Waals surface area contributed by atoms with Crippen LogP contribution < -0.4 is 16.4 Å². The minimum atomic E-state index is -0.148. The van der Waals surface area contributed by atoms with E-state index in [9.17, 15) is 4.79 Å². The maximum atomic E-state index is 12.1. The predicted octanol–water partition coefficient (Wildman–Crippen LogP) is 2.25. The molecule has 1 aliphatic carbocycles. The molecule has 2 aromatic rings. The van der Waals surface area contributed by atoms with Gasteiger partial charge in [0.05, 0.1) is 5.56 Å². The Hall–Kier alpha value is -2.18. The Balaban J connectivity index is 0.00000192. The molecule has 0 bridgehead atoms. The van der Waals surface area contributed by atoms with Gasteiger partial charge < -0.3 is 16.4 Å². The highest BCUT2D eigenvalue weighted by Crippen LogP contribution is 2.17. The molecule has 0 unspecified atom stereocenters. The molecule has 1 heterocycles.